The molecule has 0 aromatic heterocycles. The Kier molecular flexibility index (Phi) is 6.70. The molecule has 1 aliphatic heterocycles. The number of allylic oxidation sites excluding steroid dienone is 3. The van der Waals surface area contributed by atoms with Crippen LogP contribution in [0.2, 0.25) is 0 Å². The van der Waals surface area contributed by atoms with Gasteiger partial charge in [0.15, 0.2) is 17.3 Å². The van der Waals surface area contributed by atoms with Crippen molar-refractivity contribution in [3.63, 3.8) is 0 Å². The highest BCUT2D eigenvalue weighted by Crippen LogP contribution is 2.47. The van der Waals surface area contributed by atoms with Crippen molar-refractivity contribution in [2.45, 2.75) is 46.1 Å². The largest absolute Gasteiger partial charge is 0.493 e. The summed E-state index contributed by atoms with van der Waals surface area (Å²) in [5, 5.41) is 3.30. The first-order valence-electron chi connectivity index (χ1n) is 11.5. The van der Waals surface area contributed by atoms with E-state index in [1.165, 1.54) is 26.4 Å². The fraction of sp³-hybridized carbons (Fsp3) is 0.357. The zero-order valence-electron chi connectivity index (χ0n) is 20.7. The summed E-state index contributed by atoms with van der Waals surface area (Å²) in [6.07, 6.45) is 1.09. The lowest BCUT2D eigenvalue weighted by molar-refractivity contribution is -0.136. The van der Waals surface area contributed by atoms with Gasteiger partial charge in [-0.05, 0) is 54.2 Å². The molecule has 2 aromatic rings. The highest BCUT2D eigenvalue weighted by molar-refractivity contribution is 6.04. The molecule has 0 saturated heterocycles. The highest BCUT2D eigenvalue weighted by Gasteiger charge is 2.43. The number of dihydropyridines is 1. The summed E-state index contributed by atoms with van der Waals surface area (Å²) in [6.45, 7) is 6.11. The maximum Gasteiger partial charge on any atom is 0.336 e. The maximum absolute atomic E-state index is 13.5. The Balaban J connectivity index is 1.74. The second-order valence-electron chi connectivity index (χ2n) is 9.75. The third-order valence-electron chi connectivity index (χ3n) is 6.45. The van der Waals surface area contributed by atoms with E-state index in [-0.39, 0.29) is 23.6 Å². The molecule has 0 spiro atoms. The molecule has 1 atom stereocenters. The molecule has 7 heteroatoms. The van der Waals surface area contributed by atoms with Crippen molar-refractivity contribution in [2.75, 3.05) is 14.2 Å². The number of benzene rings is 2. The van der Waals surface area contributed by atoms with E-state index in [1.54, 1.807) is 24.3 Å². The number of carbonyl (C=O) groups excluding carboxylic acids is 2. The second-order valence-corrected chi connectivity index (χ2v) is 9.75. The molecule has 1 N–H and O–H groups in total. The molecule has 184 valence electrons. The summed E-state index contributed by atoms with van der Waals surface area (Å²) < 4.78 is 30.1. The Bertz CT molecular complexity index is 1240. The maximum atomic E-state index is 13.5. The molecule has 0 radical (unpaired) electrons. The molecular weight excluding hydrogens is 449 g/mol. The topological polar surface area (TPSA) is 73.9 Å². The molecule has 0 saturated carbocycles. The van der Waals surface area contributed by atoms with Crippen LogP contribution in [0.15, 0.2) is 65.0 Å². The van der Waals surface area contributed by atoms with E-state index in [0.29, 0.717) is 46.7 Å². The quantitative estimate of drug-likeness (QED) is 0.575. The lowest BCUT2D eigenvalue weighted by Gasteiger charge is -2.39. The van der Waals surface area contributed by atoms with Gasteiger partial charge in [-0.25, -0.2) is 9.18 Å². The van der Waals surface area contributed by atoms with Gasteiger partial charge in [-0.3, -0.25) is 4.79 Å². The highest BCUT2D eigenvalue weighted by atomic mass is 19.1. The van der Waals surface area contributed by atoms with Crippen LogP contribution in [0.4, 0.5) is 4.39 Å². The van der Waals surface area contributed by atoms with Crippen LogP contribution in [0.5, 0.6) is 11.5 Å². The Morgan fingerprint density at radius 3 is 2.57 bits per heavy atom. The molecule has 2 aromatic carbocycles. The van der Waals surface area contributed by atoms with Crippen molar-refractivity contribution in [2.24, 2.45) is 5.41 Å². The molecule has 6 nitrogen and oxygen atoms in total. The molecular formula is C28H30FNO5. The lowest BCUT2D eigenvalue weighted by Crippen LogP contribution is -2.38. The first-order chi connectivity index (χ1) is 16.6. The van der Waals surface area contributed by atoms with Crippen LogP contribution in [0.3, 0.4) is 0 Å². The van der Waals surface area contributed by atoms with Gasteiger partial charge < -0.3 is 19.5 Å². The number of rotatable bonds is 6. The summed E-state index contributed by atoms with van der Waals surface area (Å²) in [4.78, 5) is 26.2. The number of ketones is 1. The lowest BCUT2D eigenvalue weighted by atomic mass is 9.68. The molecule has 2 aliphatic rings. The number of hydrogen-bond donors (Lipinski definition) is 1. The number of ether oxygens (including phenoxy) is 3. The van der Waals surface area contributed by atoms with Crippen LogP contribution < -0.4 is 14.8 Å². The predicted molar refractivity (Wildman–Crippen MR) is 129 cm³/mol. The van der Waals surface area contributed by atoms with Crippen LogP contribution in [0.25, 0.3) is 0 Å². The molecule has 0 bridgehead atoms. The number of halogens is 1. The number of hydrogen-bond acceptors (Lipinski definition) is 6. The van der Waals surface area contributed by atoms with E-state index in [2.05, 4.69) is 19.2 Å². The van der Waals surface area contributed by atoms with Gasteiger partial charge in [0.05, 0.1) is 19.8 Å². The Labute approximate surface area is 204 Å². The van der Waals surface area contributed by atoms with Crippen molar-refractivity contribution in [1.29, 1.82) is 0 Å². The van der Waals surface area contributed by atoms with Gasteiger partial charge in [0.1, 0.15) is 12.4 Å². The molecule has 1 aliphatic carbocycles. The third kappa shape index (κ3) is 4.94. The van der Waals surface area contributed by atoms with E-state index in [1.807, 2.05) is 13.0 Å². The van der Waals surface area contributed by atoms with E-state index >= 15 is 0 Å². The minimum absolute atomic E-state index is 0.00745. The smallest absolute Gasteiger partial charge is 0.336 e. The van der Waals surface area contributed by atoms with Crippen LogP contribution in [0.1, 0.15) is 50.7 Å². The van der Waals surface area contributed by atoms with Gasteiger partial charge in [-0.1, -0.05) is 32.0 Å². The van der Waals surface area contributed by atoms with Crippen molar-refractivity contribution in [3.8, 4) is 11.5 Å². The van der Waals surface area contributed by atoms with Gasteiger partial charge in [0.25, 0.3) is 0 Å². The number of nitrogens with one attached hydrogen (secondary N) is 1. The van der Waals surface area contributed by atoms with Crippen molar-refractivity contribution in [1.82, 2.24) is 5.32 Å². The average molecular weight is 480 g/mol. The van der Waals surface area contributed by atoms with E-state index in [0.717, 1.165) is 11.3 Å². The summed E-state index contributed by atoms with van der Waals surface area (Å²) >= 11 is 0. The number of esters is 1. The average Bonchev–Trinajstić information content (AvgIpc) is 2.80. The molecule has 0 fully saturated rings. The number of Topliss-reactive ketones (excluding diaryl/α,β-unsaturated/α-hetero) is 1. The Morgan fingerprint density at radius 2 is 1.89 bits per heavy atom. The zero-order chi connectivity index (χ0) is 25.3. The van der Waals surface area contributed by atoms with E-state index < -0.39 is 11.9 Å². The summed E-state index contributed by atoms with van der Waals surface area (Å²) in [6, 6.07) is 11.6. The van der Waals surface area contributed by atoms with Crippen molar-refractivity contribution < 1.29 is 28.2 Å². The monoisotopic (exact) mass is 479 g/mol. The van der Waals surface area contributed by atoms with Crippen LogP contribution in [-0.4, -0.2) is 26.0 Å². The fourth-order valence-corrected chi connectivity index (χ4v) is 4.92. The van der Waals surface area contributed by atoms with Gasteiger partial charge >= 0.3 is 5.97 Å². The van der Waals surface area contributed by atoms with Crippen LogP contribution in [-0.2, 0) is 20.9 Å². The van der Waals surface area contributed by atoms with Crippen LogP contribution >= 0.6 is 0 Å². The van der Waals surface area contributed by atoms with Gasteiger partial charge in [-0.15, -0.1) is 0 Å². The van der Waals surface area contributed by atoms with E-state index in [4.69, 9.17) is 14.2 Å². The first-order valence-corrected chi connectivity index (χ1v) is 11.5. The number of carbonyl (C=O) groups is 2. The van der Waals surface area contributed by atoms with Crippen molar-refractivity contribution in [3.05, 3.63) is 81.9 Å². The molecule has 0 amide bonds. The normalized spacial score (nSPS) is 19.1. The van der Waals surface area contributed by atoms with Crippen LogP contribution in [0, 0.1) is 11.2 Å². The van der Waals surface area contributed by atoms with E-state index in [9.17, 15) is 14.0 Å². The SMILES string of the molecule is COC(=O)C1=C(C)NC2=C(C(=O)CC(C)(C)C2)[C@@H]1c1ccc(OCc2cccc(F)c2)c(OC)c1. The number of methoxy groups -OCH3 is 2. The van der Waals surface area contributed by atoms with Gasteiger partial charge in [0, 0.05) is 29.3 Å². The first kappa shape index (κ1) is 24.5. The molecule has 4 rings (SSSR count). The summed E-state index contributed by atoms with van der Waals surface area (Å²) in [5.41, 5.74) is 3.72. The molecule has 0 unspecified atom stereocenters. The fourth-order valence-electron chi connectivity index (χ4n) is 4.92. The standard InChI is InChI=1S/C28H30FNO5/c1-16-24(27(32)34-5)25(26-20(30-16)13-28(2,3)14-21(26)31)18-9-10-22(23(12-18)33-4)35-15-17-7-6-8-19(29)11-17/h6-12,25,30H,13-15H2,1-5H3/t25-/m1/s1. The Hall–Kier alpha value is -3.61. The zero-order valence-corrected chi connectivity index (χ0v) is 20.7. The summed E-state index contributed by atoms with van der Waals surface area (Å²) in [7, 11) is 2.86. The third-order valence-corrected chi connectivity index (χ3v) is 6.45. The van der Waals surface area contributed by atoms with Gasteiger partial charge in [-0.2, -0.15) is 0 Å². The molecule has 1 heterocycles. The Morgan fingerprint density at radius 1 is 1.11 bits per heavy atom. The predicted octanol–water partition coefficient (Wildman–Crippen LogP) is 5.19. The van der Waals surface area contributed by atoms with Gasteiger partial charge in [0.2, 0.25) is 0 Å². The molecule has 35 heavy (non-hydrogen) atoms. The minimum Gasteiger partial charge on any atom is -0.493 e. The second kappa shape index (κ2) is 9.56. The minimum atomic E-state index is -0.589. The summed E-state index contributed by atoms with van der Waals surface area (Å²) in [5.74, 6) is -0.484. The van der Waals surface area contributed by atoms with Crippen molar-refractivity contribution >= 4 is 11.8 Å².